The number of fused-ring (bicyclic) bond motifs is 1. The fourth-order valence-electron chi connectivity index (χ4n) is 3.50. The SMILES string of the molecule is CC(C(=O)NCCCCN1CCCC1)N1C(=O)c2ccccc2C1=O. The second-order valence-corrected chi connectivity index (χ2v) is 6.75. The van der Waals surface area contributed by atoms with Crippen LogP contribution in [-0.4, -0.2) is 59.7 Å². The van der Waals surface area contributed by atoms with Crippen molar-refractivity contribution < 1.29 is 14.4 Å². The van der Waals surface area contributed by atoms with Crippen LogP contribution in [0, 0.1) is 0 Å². The first-order chi connectivity index (χ1) is 12.1. The van der Waals surface area contributed by atoms with Crippen molar-refractivity contribution in [3.63, 3.8) is 0 Å². The van der Waals surface area contributed by atoms with Gasteiger partial charge in [0.2, 0.25) is 5.91 Å². The van der Waals surface area contributed by atoms with Gasteiger partial charge in [-0.05, 0) is 64.4 Å². The van der Waals surface area contributed by atoms with E-state index in [2.05, 4.69) is 10.2 Å². The Morgan fingerprint density at radius 2 is 1.68 bits per heavy atom. The Bertz CT molecular complexity index is 633. The van der Waals surface area contributed by atoms with E-state index in [1.165, 1.54) is 25.9 Å². The van der Waals surface area contributed by atoms with Gasteiger partial charge in [0.05, 0.1) is 11.1 Å². The summed E-state index contributed by atoms with van der Waals surface area (Å²) < 4.78 is 0. The number of hydrogen-bond donors (Lipinski definition) is 1. The maximum Gasteiger partial charge on any atom is 0.262 e. The van der Waals surface area contributed by atoms with Gasteiger partial charge >= 0.3 is 0 Å². The van der Waals surface area contributed by atoms with Crippen molar-refractivity contribution >= 4 is 17.7 Å². The lowest BCUT2D eigenvalue weighted by molar-refractivity contribution is -0.124. The molecule has 1 unspecified atom stereocenters. The highest BCUT2D eigenvalue weighted by molar-refractivity contribution is 6.22. The van der Waals surface area contributed by atoms with Crippen molar-refractivity contribution in [3.8, 4) is 0 Å². The fraction of sp³-hybridized carbons (Fsp3) is 0.526. The van der Waals surface area contributed by atoms with Crippen molar-refractivity contribution in [2.45, 2.75) is 38.6 Å². The molecule has 3 amide bonds. The molecule has 1 atom stereocenters. The average molecular weight is 343 g/mol. The normalized spacial score (nSPS) is 18.5. The molecule has 0 spiro atoms. The molecule has 3 rings (SSSR count). The van der Waals surface area contributed by atoms with E-state index in [-0.39, 0.29) is 5.91 Å². The molecule has 1 aromatic rings. The van der Waals surface area contributed by atoms with Crippen LogP contribution in [0.1, 0.15) is 53.3 Å². The minimum Gasteiger partial charge on any atom is -0.354 e. The largest absolute Gasteiger partial charge is 0.354 e. The molecular weight excluding hydrogens is 318 g/mol. The summed E-state index contributed by atoms with van der Waals surface area (Å²) in [5, 5.41) is 2.85. The summed E-state index contributed by atoms with van der Waals surface area (Å²) in [6.45, 7) is 5.61. The van der Waals surface area contributed by atoms with Gasteiger partial charge < -0.3 is 10.2 Å². The summed E-state index contributed by atoms with van der Waals surface area (Å²) in [6.07, 6.45) is 4.52. The number of likely N-dealkylation sites (tertiary alicyclic amines) is 1. The minimum atomic E-state index is -0.800. The van der Waals surface area contributed by atoms with Gasteiger partial charge in [0.1, 0.15) is 6.04 Å². The van der Waals surface area contributed by atoms with Crippen LogP contribution in [0.25, 0.3) is 0 Å². The van der Waals surface area contributed by atoms with Gasteiger partial charge in [0, 0.05) is 6.54 Å². The lowest BCUT2D eigenvalue weighted by Gasteiger charge is -2.21. The Morgan fingerprint density at radius 1 is 1.08 bits per heavy atom. The molecule has 2 heterocycles. The van der Waals surface area contributed by atoms with Gasteiger partial charge in [0.15, 0.2) is 0 Å². The molecule has 0 radical (unpaired) electrons. The molecule has 0 aliphatic carbocycles. The molecule has 0 saturated carbocycles. The van der Waals surface area contributed by atoms with Gasteiger partial charge in [-0.1, -0.05) is 12.1 Å². The number of imide groups is 1. The van der Waals surface area contributed by atoms with Crippen LogP contribution in [0.4, 0.5) is 0 Å². The third-order valence-corrected chi connectivity index (χ3v) is 4.99. The zero-order valence-corrected chi connectivity index (χ0v) is 14.7. The number of benzene rings is 1. The standard InChI is InChI=1S/C19H25N3O3/c1-14(17(23)20-10-4-5-11-21-12-6-7-13-21)22-18(24)15-8-2-3-9-16(15)19(22)25/h2-3,8-9,14H,4-7,10-13H2,1H3,(H,20,23). The minimum absolute atomic E-state index is 0.282. The number of unbranched alkanes of at least 4 members (excludes halogenated alkanes) is 1. The number of amides is 3. The molecular formula is C19H25N3O3. The van der Waals surface area contributed by atoms with Crippen LogP contribution in [0.3, 0.4) is 0 Å². The maximum absolute atomic E-state index is 12.4. The smallest absolute Gasteiger partial charge is 0.262 e. The number of carbonyl (C=O) groups is 3. The molecule has 6 nitrogen and oxygen atoms in total. The van der Waals surface area contributed by atoms with Crippen molar-refractivity contribution in [1.82, 2.24) is 15.1 Å². The molecule has 1 N–H and O–H groups in total. The van der Waals surface area contributed by atoms with E-state index in [0.29, 0.717) is 17.7 Å². The second-order valence-electron chi connectivity index (χ2n) is 6.75. The Balaban J connectivity index is 1.46. The Hall–Kier alpha value is -2.21. The molecule has 1 fully saturated rings. The monoisotopic (exact) mass is 343 g/mol. The maximum atomic E-state index is 12.4. The molecule has 2 aliphatic rings. The van der Waals surface area contributed by atoms with Crippen molar-refractivity contribution in [3.05, 3.63) is 35.4 Å². The Kier molecular flexibility index (Phi) is 5.48. The first-order valence-electron chi connectivity index (χ1n) is 9.06. The predicted molar refractivity (Wildman–Crippen MR) is 94.3 cm³/mol. The fourth-order valence-corrected chi connectivity index (χ4v) is 3.50. The topological polar surface area (TPSA) is 69.7 Å². The van der Waals surface area contributed by atoms with E-state index in [1.54, 1.807) is 31.2 Å². The van der Waals surface area contributed by atoms with Crippen LogP contribution in [0.5, 0.6) is 0 Å². The number of nitrogens with one attached hydrogen (secondary N) is 1. The lowest BCUT2D eigenvalue weighted by atomic mass is 10.1. The third-order valence-electron chi connectivity index (χ3n) is 4.99. The van der Waals surface area contributed by atoms with Crippen LogP contribution in [0.15, 0.2) is 24.3 Å². The molecule has 6 heteroatoms. The zero-order valence-electron chi connectivity index (χ0n) is 14.7. The summed E-state index contributed by atoms with van der Waals surface area (Å²) in [7, 11) is 0. The van der Waals surface area contributed by atoms with Gasteiger partial charge in [0.25, 0.3) is 11.8 Å². The summed E-state index contributed by atoms with van der Waals surface area (Å²) in [5.41, 5.74) is 0.746. The van der Waals surface area contributed by atoms with Crippen LogP contribution >= 0.6 is 0 Å². The highest BCUT2D eigenvalue weighted by Crippen LogP contribution is 2.24. The number of rotatable bonds is 7. The Morgan fingerprint density at radius 3 is 2.28 bits per heavy atom. The van der Waals surface area contributed by atoms with E-state index in [1.807, 2.05) is 0 Å². The van der Waals surface area contributed by atoms with Crippen molar-refractivity contribution in [2.24, 2.45) is 0 Å². The zero-order chi connectivity index (χ0) is 17.8. The molecule has 0 aromatic heterocycles. The number of carbonyl (C=O) groups excluding carboxylic acids is 3. The summed E-state index contributed by atoms with van der Waals surface area (Å²) in [6, 6.07) is 5.89. The first-order valence-corrected chi connectivity index (χ1v) is 9.06. The average Bonchev–Trinajstić information content (AvgIpc) is 3.22. The molecule has 25 heavy (non-hydrogen) atoms. The molecule has 1 saturated heterocycles. The summed E-state index contributed by atoms with van der Waals surface area (Å²) in [5.74, 6) is -1.06. The van der Waals surface area contributed by atoms with Crippen LogP contribution < -0.4 is 5.32 Å². The molecule has 1 aromatic carbocycles. The highest BCUT2D eigenvalue weighted by Gasteiger charge is 2.40. The van der Waals surface area contributed by atoms with E-state index >= 15 is 0 Å². The van der Waals surface area contributed by atoms with Crippen LogP contribution in [0.2, 0.25) is 0 Å². The molecule has 0 bridgehead atoms. The van der Waals surface area contributed by atoms with Crippen LogP contribution in [-0.2, 0) is 4.79 Å². The van der Waals surface area contributed by atoms with E-state index in [9.17, 15) is 14.4 Å². The van der Waals surface area contributed by atoms with Gasteiger partial charge in [-0.2, -0.15) is 0 Å². The van der Waals surface area contributed by atoms with E-state index in [4.69, 9.17) is 0 Å². The van der Waals surface area contributed by atoms with Crippen molar-refractivity contribution in [2.75, 3.05) is 26.2 Å². The van der Waals surface area contributed by atoms with Crippen molar-refractivity contribution in [1.29, 1.82) is 0 Å². The second kappa shape index (κ2) is 7.78. The number of nitrogens with zero attached hydrogens (tertiary/aromatic N) is 2. The quantitative estimate of drug-likeness (QED) is 0.604. The third kappa shape index (κ3) is 3.74. The van der Waals surface area contributed by atoms with Gasteiger partial charge in [-0.15, -0.1) is 0 Å². The molecule has 134 valence electrons. The summed E-state index contributed by atoms with van der Waals surface area (Å²) >= 11 is 0. The number of hydrogen-bond acceptors (Lipinski definition) is 4. The first kappa shape index (κ1) is 17.6. The molecule has 2 aliphatic heterocycles. The predicted octanol–water partition coefficient (Wildman–Crippen LogP) is 1.66. The Labute approximate surface area is 148 Å². The lowest BCUT2D eigenvalue weighted by Crippen LogP contribution is -2.48. The van der Waals surface area contributed by atoms with E-state index in [0.717, 1.165) is 24.3 Å². The van der Waals surface area contributed by atoms with E-state index < -0.39 is 17.9 Å². The van der Waals surface area contributed by atoms with Gasteiger partial charge in [-0.3, -0.25) is 19.3 Å². The van der Waals surface area contributed by atoms with Gasteiger partial charge in [-0.25, -0.2) is 0 Å². The summed E-state index contributed by atoms with van der Waals surface area (Å²) in [4.78, 5) is 40.6. The highest BCUT2D eigenvalue weighted by atomic mass is 16.2.